The van der Waals surface area contributed by atoms with Crippen LogP contribution in [0.25, 0.3) is 5.69 Å². The van der Waals surface area contributed by atoms with Gasteiger partial charge in [-0.1, -0.05) is 48.0 Å². The normalized spacial score (nSPS) is 10.7. The Morgan fingerprint density at radius 1 is 0.906 bits per heavy atom. The Kier molecular flexibility index (Phi) is 6.36. The van der Waals surface area contributed by atoms with Gasteiger partial charge in [0, 0.05) is 17.7 Å². The molecule has 3 aromatic carbocycles. The number of hydrogen-bond acceptors (Lipinski definition) is 3. The van der Waals surface area contributed by atoms with Crippen LogP contribution in [0.1, 0.15) is 28.8 Å². The minimum atomic E-state index is -0.0396. The first-order valence-corrected chi connectivity index (χ1v) is 10.7. The highest BCUT2D eigenvalue weighted by Gasteiger charge is 2.20. The van der Waals surface area contributed by atoms with Crippen LogP contribution in [0.5, 0.6) is 11.6 Å². The molecule has 0 saturated heterocycles. The van der Waals surface area contributed by atoms with Crippen molar-refractivity contribution < 1.29 is 9.53 Å². The number of aromatic nitrogens is 2. The van der Waals surface area contributed by atoms with Gasteiger partial charge in [0.25, 0.3) is 0 Å². The van der Waals surface area contributed by atoms with Crippen LogP contribution in [0, 0.1) is 20.8 Å². The van der Waals surface area contributed by atoms with Gasteiger partial charge in [-0.3, -0.25) is 4.79 Å². The Bertz CT molecular complexity index is 1210. The van der Waals surface area contributed by atoms with Gasteiger partial charge in [0.1, 0.15) is 5.75 Å². The first kappa shape index (κ1) is 21.4. The van der Waals surface area contributed by atoms with E-state index >= 15 is 0 Å². The molecule has 0 spiro atoms. The number of anilines is 1. The van der Waals surface area contributed by atoms with Gasteiger partial charge >= 0.3 is 0 Å². The van der Waals surface area contributed by atoms with Crippen molar-refractivity contribution in [3.8, 4) is 17.3 Å². The first-order chi connectivity index (χ1) is 15.5. The number of aryl methyl sites for hydroxylation is 3. The predicted octanol–water partition coefficient (Wildman–Crippen LogP) is 6.16. The topological polar surface area (TPSA) is 56.2 Å². The monoisotopic (exact) mass is 425 g/mol. The summed E-state index contributed by atoms with van der Waals surface area (Å²) in [5, 5.41) is 7.72. The van der Waals surface area contributed by atoms with Gasteiger partial charge in [0.2, 0.25) is 11.8 Å². The Balaban J connectivity index is 1.60. The molecule has 5 nitrogen and oxygen atoms in total. The number of carbonyl (C=O) groups is 1. The molecule has 1 aromatic heterocycles. The van der Waals surface area contributed by atoms with Crippen LogP contribution in [0.4, 0.5) is 5.69 Å². The van der Waals surface area contributed by atoms with E-state index in [9.17, 15) is 4.79 Å². The molecule has 1 N–H and O–H groups in total. The van der Waals surface area contributed by atoms with E-state index in [1.807, 2.05) is 98.2 Å². The van der Waals surface area contributed by atoms with Crippen molar-refractivity contribution in [3.05, 3.63) is 101 Å². The average molecular weight is 426 g/mol. The van der Waals surface area contributed by atoms with Crippen LogP contribution in [0.15, 0.2) is 78.9 Å². The second kappa shape index (κ2) is 9.52. The van der Waals surface area contributed by atoms with Crippen molar-refractivity contribution in [1.29, 1.82) is 0 Å². The fourth-order valence-corrected chi connectivity index (χ4v) is 3.56. The lowest BCUT2D eigenvalue weighted by Gasteiger charge is -2.12. The molecule has 0 radical (unpaired) electrons. The van der Waals surface area contributed by atoms with Crippen molar-refractivity contribution in [2.24, 2.45) is 0 Å². The highest BCUT2D eigenvalue weighted by Crippen LogP contribution is 2.31. The second-order valence-corrected chi connectivity index (χ2v) is 7.95. The van der Waals surface area contributed by atoms with E-state index in [4.69, 9.17) is 9.84 Å². The van der Waals surface area contributed by atoms with Gasteiger partial charge < -0.3 is 10.1 Å². The van der Waals surface area contributed by atoms with Gasteiger partial charge in [0.05, 0.1) is 11.4 Å². The number of ether oxygens (including phenoxy) is 1. The lowest BCUT2D eigenvalue weighted by molar-refractivity contribution is -0.116. The molecular formula is C27H27N3O2. The van der Waals surface area contributed by atoms with Crippen molar-refractivity contribution in [2.45, 2.75) is 33.6 Å². The van der Waals surface area contributed by atoms with E-state index in [0.717, 1.165) is 39.5 Å². The molecule has 162 valence electrons. The number of amides is 1. The number of nitrogens with zero attached hydrogens (tertiary/aromatic N) is 2. The number of rotatable bonds is 7. The van der Waals surface area contributed by atoms with Crippen LogP contribution in [0.3, 0.4) is 0 Å². The summed E-state index contributed by atoms with van der Waals surface area (Å²) in [6, 6.07) is 25.6. The lowest BCUT2D eigenvalue weighted by Crippen LogP contribution is -2.12. The molecule has 1 heterocycles. The largest absolute Gasteiger partial charge is 0.439 e. The minimum Gasteiger partial charge on any atom is -0.439 e. The maximum Gasteiger partial charge on any atom is 0.226 e. The van der Waals surface area contributed by atoms with Gasteiger partial charge in [-0.15, -0.1) is 0 Å². The van der Waals surface area contributed by atoms with Crippen LogP contribution >= 0.6 is 0 Å². The van der Waals surface area contributed by atoms with Crippen molar-refractivity contribution in [2.75, 3.05) is 5.32 Å². The zero-order valence-electron chi connectivity index (χ0n) is 18.6. The molecule has 32 heavy (non-hydrogen) atoms. The Labute approximate surface area is 188 Å². The second-order valence-electron chi connectivity index (χ2n) is 7.95. The fraction of sp³-hybridized carbons (Fsp3) is 0.185. The molecule has 5 heteroatoms. The molecule has 4 aromatic rings. The standard InChI is InChI=1S/C27H27N3O2/c1-19-12-14-22(15-13-19)28-26(31)17-16-25-21(3)29-30(23-9-7-8-20(2)18-23)27(25)32-24-10-5-4-6-11-24/h4-15,18H,16-17H2,1-3H3,(H,28,31). The molecule has 0 unspecified atom stereocenters. The molecule has 0 bridgehead atoms. The number of benzene rings is 3. The van der Waals surface area contributed by atoms with Gasteiger partial charge in [0.15, 0.2) is 0 Å². The highest BCUT2D eigenvalue weighted by molar-refractivity contribution is 5.90. The van der Waals surface area contributed by atoms with Gasteiger partial charge in [-0.05, 0) is 69.2 Å². The smallest absolute Gasteiger partial charge is 0.226 e. The van der Waals surface area contributed by atoms with E-state index < -0.39 is 0 Å². The summed E-state index contributed by atoms with van der Waals surface area (Å²) in [5.41, 5.74) is 5.79. The molecule has 0 aliphatic carbocycles. The van der Waals surface area contributed by atoms with Gasteiger partial charge in [-0.2, -0.15) is 5.10 Å². The van der Waals surface area contributed by atoms with Crippen LogP contribution in [-0.4, -0.2) is 15.7 Å². The summed E-state index contributed by atoms with van der Waals surface area (Å²) < 4.78 is 8.11. The van der Waals surface area contributed by atoms with Crippen molar-refractivity contribution in [3.63, 3.8) is 0 Å². The molecule has 4 rings (SSSR count). The molecule has 0 saturated carbocycles. The summed E-state index contributed by atoms with van der Waals surface area (Å²) >= 11 is 0. The Morgan fingerprint density at radius 3 is 2.38 bits per heavy atom. The lowest BCUT2D eigenvalue weighted by atomic mass is 10.1. The summed E-state index contributed by atoms with van der Waals surface area (Å²) in [5.74, 6) is 1.33. The number of nitrogens with one attached hydrogen (secondary N) is 1. The molecular weight excluding hydrogens is 398 g/mol. The van der Waals surface area contributed by atoms with E-state index in [-0.39, 0.29) is 5.91 Å². The van der Waals surface area contributed by atoms with Gasteiger partial charge in [-0.25, -0.2) is 4.68 Å². The van der Waals surface area contributed by atoms with Crippen LogP contribution in [0.2, 0.25) is 0 Å². The van der Waals surface area contributed by atoms with Crippen molar-refractivity contribution in [1.82, 2.24) is 9.78 Å². The zero-order valence-corrected chi connectivity index (χ0v) is 18.6. The van der Waals surface area contributed by atoms with E-state index in [2.05, 4.69) is 11.4 Å². The zero-order chi connectivity index (χ0) is 22.5. The SMILES string of the molecule is Cc1ccc(NC(=O)CCc2c(C)nn(-c3cccc(C)c3)c2Oc2ccccc2)cc1. The fourth-order valence-electron chi connectivity index (χ4n) is 3.56. The van der Waals surface area contributed by atoms with Crippen LogP contribution < -0.4 is 10.1 Å². The minimum absolute atomic E-state index is 0.0396. The van der Waals surface area contributed by atoms with Crippen LogP contribution in [-0.2, 0) is 11.2 Å². The summed E-state index contributed by atoms with van der Waals surface area (Å²) in [6.07, 6.45) is 0.858. The maximum atomic E-state index is 12.6. The van der Waals surface area contributed by atoms with E-state index in [0.29, 0.717) is 18.7 Å². The third-order valence-corrected chi connectivity index (χ3v) is 5.28. The summed E-state index contributed by atoms with van der Waals surface area (Å²) in [7, 11) is 0. The van der Waals surface area contributed by atoms with Crippen molar-refractivity contribution >= 4 is 11.6 Å². The first-order valence-electron chi connectivity index (χ1n) is 10.7. The number of para-hydroxylation sites is 1. The number of carbonyl (C=O) groups excluding carboxylic acids is 1. The molecule has 1 amide bonds. The molecule has 0 fully saturated rings. The van der Waals surface area contributed by atoms with E-state index in [1.54, 1.807) is 0 Å². The predicted molar refractivity (Wildman–Crippen MR) is 128 cm³/mol. The molecule has 0 atom stereocenters. The third kappa shape index (κ3) is 5.06. The van der Waals surface area contributed by atoms with E-state index in [1.165, 1.54) is 0 Å². The Morgan fingerprint density at radius 2 is 1.66 bits per heavy atom. The summed E-state index contributed by atoms with van der Waals surface area (Å²) in [6.45, 7) is 6.03. The molecule has 0 aliphatic heterocycles. The highest BCUT2D eigenvalue weighted by atomic mass is 16.5. The quantitative estimate of drug-likeness (QED) is 0.386. The maximum absolute atomic E-state index is 12.6. The average Bonchev–Trinajstić information content (AvgIpc) is 3.09. The number of hydrogen-bond donors (Lipinski definition) is 1. The third-order valence-electron chi connectivity index (χ3n) is 5.28. The Hall–Kier alpha value is -3.86. The molecule has 0 aliphatic rings. The summed E-state index contributed by atoms with van der Waals surface area (Å²) in [4.78, 5) is 12.6.